The lowest BCUT2D eigenvalue weighted by atomic mass is 9.85. The molecule has 0 spiro atoms. The van der Waals surface area contributed by atoms with E-state index in [-0.39, 0.29) is 11.8 Å². The highest BCUT2D eigenvalue weighted by Gasteiger charge is 2.29. The monoisotopic (exact) mass is 403 g/mol. The minimum Gasteiger partial charge on any atom is -0.497 e. The number of amides is 3. The SMILES string of the molecule is COc1ccc(-c2nnc(SCC(=O)NC(N)=O)n2[C@@H]2CCCC[C@H]2C)cc1. The Morgan fingerprint density at radius 3 is 2.61 bits per heavy atom. The van der Waals surface area contributed by atoms with Crippen LogP contribution in [0.5, 0.6) is 5.75 Å². The normalized spacial score (nSPS) is 19.2. The molecule has 1 saturated carbocycles. The molecular weight excluding hydrogens is 378 g/mol. The van der Waals surface area contributed by atoms with Crippen LogP contribution < -0.4 is 15.8 Å². The standard InChI is InChI=1S/C19H25N5O3S/c1-12-5-3-4-6-15(12)24-17(13-7-9-14(27-2)10-8-13)22-23-19(24)28-11-16(25)21-18(20)26/h7-10,12,15H,3-6,11H2,1-2H3,(H3,20,21,25,26)/t12-,15-/m1/s1. The average Bonchev–Trinajstić information content (AvgIpc) is 3.10. The Kier molecular flexibility index (Phi) is 6.56. The lowest BCUT2D eigenvalue weighted by molar-refractivity contribution is -0.117. The van der Waals surface area contributed by atoms with Gasteiger partial charge in [-0.15, -0.1) is 10.2 Å². The molecule has 0 radical (unpaired) electrons. The van der Waals surface area contributed by atoms with Gasteiger partial charge in [0, 0.05) is 11.6 Å². The molecule has 0 saturated heterocycles. The molecule has 1 aromatic carbocycles. The van der Waals surface area contributed by atoms with Crippen molar-refractivity contribution in [1.82, 2.24) is 20.1 Å². The molecule has 1 aromatic heterocycles. The van der Waals surface area contributed by atoms with Crippen molar-refractivity contribution in [3.05, 3.63) is 24.3 Å². The summed E-state index contributed by atoms with van der Waals surface area (Å²) in [6, 6.07) is 7.12. The van der Waals surface area contributed by atoms with Crippen LogP contribution in [0, 0.1) is 5.92 Å². The second-order valence-electron chi connectivity index (χ2n) is 6.93. The Morgan fingerprint density at radius 1 is 1.25 bits per heavy atom. The van der Waals surface area contributed by atoms with Gasteiger partial charge >= 0.3 is 6.03 Å². The van der Waals surface area contributed by atoms with Crippen LogP contribution in [0.1, 0.15) is 38.6 Å². The van der Waals surface area contributed by atoms with Gasteiger partial charge in [0.15, 0.2) is 11.0 Å². The minimum absolute atomic E-state index is 0.0464. The minimum atomic E-state index is -0.855. The molecule has 0 aliphatic heterocycles. The van der Waals surface area contributed by atoms with E-state index in [9.17, 15) is 9.59 Å². The van der Waals surface area contributed by atoms with E-state index < -0.39 is 11.9 Å². The van der Waals surface area contributed by atoms with E-state index in [0.717, 1.165) is 36.4 Å². The zero-order valence-electron chi connectivity index (χ0n) is 16.1. The molecule has 0 unspecified atom stereocenters. The molecule has 2 aromatic rings. The van der Waals surface area contributed by atoms with E-state index in [1.807, 2.05) is 24.3 Å². The van der Waals surface area contributed by atoms with Crippen molar-refractivity contribution in [3.63, 3.8) is 0 Å². The number of hydrogen-bond acceptors (Lipinski definition) is 6. The fourth-order valence-corrected chi connectivity index (χ4v) is 4.39. The number of carbonyl (C=O) groups excluding carboxylic acids is 2. The Morgan fingerprint density at radius 2 is 1.96 bits per heavy atom. The number of nitrogens with zero attached hydrogens (tertiary/aromatic N) is 3. The molecule has 3 N–H and O–H groups in total. The van der Waals surface area contributed by atoms with E-state index in [1.165, 1.54) is 18.2 Å². The van der Waals surface area contributed by atoms with Crippen LogP contribution >= 0.6 is 11.8 Å². The number of primary amides is 1. The Labute approximate surface area is 168 Å². The maximum absolute atomic E-state index is 11.8. The third kappa shape index (κ3) is 4.64. The number of thioether (sulfide) groups is 1. The summed E-state index contributed by atoms with van der Waals surface area (Å²) in [7, 11) is 1.63. The van der Waals surface area contributed by atoms with Crippen LogP contribution in [0.3, 0.4) is 0 Å². The lowest BCUT2D eigenvalue weighted by Gasteiger charge is -2.31. The van der Waals surface area contributed by atoms with Crippen LogP contribution in [0.2, 0.25) is 0 Å². The van der Waals surface area contributed by atoms with Crippen molar-refractivity contribution < 1.29 is 14.3 Å². The lowest BCUT2D eigenvalue weighted by Crippen LogP contribution is -2.36. The molecule has 3 rings (SSSR count). The average molecular weight is 404 g/mol. The Bertz CT molecular complexity index is 837. The highest BCUT2D eigenvalue weighted by atomic mass is 32.2. The Balaban J connectivity index is 1.91. The quantitative estimate of drug-likeness (QED) is 0.717. The van der Waals surface area contributed by atoms with Gasteiger partial charge in [0.05, 0.1) is 12.9 Å². The fourth-order valence-electron chi connectivity index (χ4n) is 3.60. The van der Waals surface area contributed by atoms with Crippen LogP contribution in [-0.4, -0.2) is 39.6 Å². The molecule has 28 heavy (non-hydrogen) atoms. The summed E-state index contributed by atoms with van der Waals surface area (Å²) in [6.07, 6.45) is 4.57. The molecule has 0 bridgehead atoms. The first-order valence-electron chi connectivity index (χ1n) is 9.31. The number of carbonyl (C=O) groups is 2. The van der Waals surface area contributed by atoms with Gasteiger partial charge in [0.25, 0.3) is 0 Å². The number of rotatable bonds is 6. The van der Waals surface area contributed by atoms with Crippen molar-refractivity contribution in [2.75, 3.05) is 12.9 Å². The van der Waals surface area contributed by atoms with Gasteiger partial charge in [-0.25, -0.2) is 4.79 Å². The number of methoxy groups -OCH3 is 1. The molecule has 1 aliphatic carbocycles. The molecular formula is C19H25N5O3S. The third-order valence-corrected chi connectivity index (χ3v) is 5.95. The van der Waals surface area contributed by atoms with Crippen molar-refractivity contribution in [2.24, 2.45) is 11.7 Å². The Hall–Kier alpha value is -2.55. The van der Waals surface area contributed by atoms with Gasteiger partial charge in [-0.1, -0.05) is 31.5 Å². The van der Waals surface area contributed by atoms with Gasteiger partial charge in [-0.3, -0.25) is 14.7 Å². The second-order valence-corrected chi connectivity index (χ2v) is 7.88. The summed E-state index contributed by atoms with van der Waals surface area (Å²) in [5.41, 5.74) is 5.95. The topological polar surface area (TPSA) is 112 Å². The molecule has 150 valence electrons. The summed E-state index contributed by atoms with van der Waals surface area (Å²) in [6.45, 7) is 2.25. The van der Waals surface area contributed by atoms with Gasteiger partial charge in [0.2, 0.25) is 5.91 Å². The molecule has 3 amide bonds. The first-order valence-corrected chi connectivity index (χ1v) is 10.3. The van der Waals surface area contributed by atoms with Crippen LogP contribution in [-0.2, 0) is 4.79 Å². The second kappa shape index (κ2) is 9.09. The van der Waals surface area contributed by atoms with E-state index >= 15 is 0 Å². The van der Waals surface area contributed by atoms with Gasteiger partial charge in [0.1, 0.15) is 5.75 Å². The number of urea groups is 1. The maximum Gasteiger partial charge on any atom is 0.318 e. The third-order valence-electron chi connectivity index (χ3n) is 5.01. The van der Waals surface area contributed by atoms with Crippen molar-refractivity contribution >= 4 is 23.7 Å². The molecule has 1 fully saturated rings. The van der Waals surface area contributed by atoms with E-state index in [0.29, 0.717) is 11.1 Å². The molecule has 9 heteroatoms. The summed E-state index contributed by atoms with van der Waals surface area (Å²) in [5, 5.41) is 11.5. The first-order chi connectivity index (χ1) is 13.5. The number of benzene rings is 1. The zero-order chi connectivity index (χ0) is 20.1. The predicted molar refractivity (Wildman–Crippen MR) is 107 cm³/mol. The van der Waals surface area contributed by atoms with Gasteiger partial charge in [-0.05, 0) is 43.0 Å². The van der Waals surface area contributed by atoms with Crippen LogP contribution in [0.15, 0.2) is 29.4 Å². The number of nitrogens with two attached hydrogens (primary N) is 1. The zero-order valence-corrected chi connectivity index (χ0v) is 16.9. The summed E-state index contributed by atoms with van der Waals surface area (Å²) in [4.78, 5) is 22.7. The molecule has 1 heterocycles. The number of hydrogen-bond donors (Lipinski definition) is 2. The predicted octanol–water partition coefficient (Wildman–Crippen LogP) is 2.99. The van der Waals surface area contributed by atoms with Crippen molar-refractivity contribution in [3.8, 4) is 17.1 Å². The maximum atomic E-state index is 11.8. The highest BCUT2D eigenvalue weighted by molar-refractivity contribution is 7.99. The smallest absolute Gasteiger partial charge is 0.318 e. The summed E-state index contributed by atoms with van der Waals surface area (Å²) in [5.74, 6) is 1.64. The van der Waals surface area contributed by atoms with Crippen LogP contribution in [0.25, 0.3) is 11.4 Å². The fraction of sp³-hybridized carbons (Fsp3) is 0.474. The largest absolute Gasteiger partial charge is 0.497 e. The number of ether oxygens (including phenoxy) is 1. The van der Waals surface area contributed by atoms with E-state index in [2.05, 4.69) is 27.0 Å². The number of nitrogens with one attached hydrogen (secondary N) is 1. The van der Waals surface area contributed by atoms with Gasteiger partial charge in [-0.2, -0.15) is 0 Å². The first kappa shape index (κ1) is 20.2. The van der Waals surface area contributed by atoms with E-state index in [4.69, 9.17) is 10.5 Å². The number of imide groups is 1. The summed E-state index contributed by atoms with van der Waals surface area (Å²) < 4.78 is 7.39. The van der Waals surface area contributed by atoms with Gasteiger partial charge < -0.3 is 10.5 Å². The van der Waals surface area contributed by atoms with Crippen LogP contribution in [0.4, 0.5) is 4.79 Å². The molecule has 8 nitrogen and oxygen atoms in total. The molecule has 2 atom stereocenters. The summed E-state index contributed by atoms with van der Waals surface area (Å²) >= 11 is 1.26. The van der Waals surface area contributed by atoms with E-state index in [1.54, 1.807) is 7.11 Å². The number of aromatic nitrogens is 3. The highest BCUT2D eigenvalue weighted by Crippen LogP contribution is 2.39. The van der Waals surface area contributed by atoms with Crippen molar-refractivity contribution in [2.45, 2.75) is 43.8 Å². The molecule has 1 aliphatic rings. The van der Waals surface area contributed by atoms with Crippen molar-refractivity contribution in [1.29, 1.82) is 0 Å².